The van der Waals surface area contributed by atoms with E-state index in [0.29, 0.717) is 0 Å². The summed E-state index contributed by atoms with van der Waals surface area (Å²) in [6, 6.07) is 0.109. The SMILES string of the molecule is CCCCCC(C)NC(=O)COC(C)C(=O)O. The van der Waals surface area contributed by atoms with Crippen LogP contribution in [0.2, 0.25) is 0 Å². The van der Waals surface area contributed by atoms with Gasteiger partial charge in [-0.3, -0.25) is 4.79 Å². The van der Waals surface area contributed by atoms with Gasteiger partial charge in [-0.2, -0.15) is 0 Å². The number of unbranched alkanes of at least 4 members (excludes halogenated alkanes) is 2. The number of ether oxygens (including phenoxy) is 1. The van der Waals surface area contributed by atoms with Crippen molar-refractivity contribution in [3.63, 3.8) is 0 Å². The summed E-state index contributed by atoms with van der Waals surface area (Å²) in [5, 5.41) is 11.3. The summed E-state index contributed by atoms with van der Waals surface area (Å²) >= 11 is 0. The molecule has 0 heterocycles. The molecule has 0 radical (unpaired) electrons. The topological polar surface area (TPSA) is 75.6 Å². The molecule has 0 saturated heterocycles. The van der Waals surface area contributed by atoms with Crippen LogP contribution in [0.15, 0.2) is 0 Å². The molecule has 0 aromatic rings. The Morgan fingerprint density at radius 3 is 2.47 bits per heavy atom. The Labute approximate surface area is 103 Å². The van der Waals surface area contributed by atoms with Crippen molar-refractivity contribution in [3.8, 4) is 0 Å². The quantitative estimate of drug-likeness (QED) is 0.604. The normalized spacial score (nSPS) is 14.1. The molecular weight excluding hydrogens is 222 g/mol. The van der Waals surface area contributed by atoms with E-state index in [9.17, 15) is 9.59 Å². The Morgan fingerprint density at radius 2 is 1.94 bits per heavy atom. The second kappa shape index (κ2) is 8.98. The molecule has 0 aliphatic heterocycles. The van der Waals surface area contributed by atoms with E-state index < -0.39 is 12.1 Å². The summed E-state index contributed by atoms with van der Waals surface area (Å²) in [5.74, 6) is -1.32. The molecule has 5 nitrogen and oxygen atoms in total. The van der Waals surface area contributed by atoms with Crippen LogP contribution in [0.1, 0.15) is 46.5 Å². The van der Waals surface area contributed by atoms with Crippen molar-refractivity contribution >= 4 is 11.9 Å². The summed E-state index contributed by atoms with van der Waals surface area (Å²) in [6.07, 6.45) is 3.39. The zero-order valence-corrected chi connectivity index (χ0v) is 10.9. The zero-order chi connectivity index (χ0) is 13.3. The Balaban J connectivity index is 3.67. The number of carbonyl (C=O) groups is 2. The zero-order valence-electron chi connectivity index (χ0n) is 10.9. The number of nitrogens with one attached hydrogen (secondary N) is 1. The summed E-state index contributed by atoms with van der Waals surface area (Å²) in [6.45, 7) is 5.27. The second-order valence-corrected chi connectivity index (χ2v) is 4.26. The fraction of sp³-hybridized carbons (Fsp3) is 0.833. The van der Waals surface area contributed by atoms with Crippen molar-refractivity contribution in [2.45, 2.75) is 58.6 Å². The molecule has 0 saturated carbocycles. The predicted molar refractivity (Wildman–Crippen MR) is 64.8 cm³/mol. The molecule has 17 heavy (non-hydrogen) atoms. The molecule has 0 aliphatic rings. The second-order valence-electron chi connectivity index (χ2n) is 4.26. The van der Waals surface area contributed by atoms with E-state index in [1.807, 2.05) is 6.92 Å². The first kappa shape index (κ1) is 15.9. The van der Waals surface area contributed by atoms with Crippen LogP contribution in [0.5, 0.6) is 0 Å². The average Bonchev–Trinajstić information content (AvgIpc) is 2.26. The Bertz CT molecular complexity index is 243. The average molecular weight is 245 g/mol. The number of rotatable bonds is 9. The number of amides is 1. The van der Waals surface area contributed by atoms with Crippen LogP contribution in [0.25, 0.3) is 0 Å². The minimum Gasteiger partial charge on any atom is -0.479 e. The Kier molecular flexibility index (Phi) is 8.40. The van der Waals surface area contributed by atoms with Crippen molar-refractivity contribution in [1.29, 1.82) is 0 Å². The van der Waals surface area contributed by atoms with Crippen molar-refractivity contribution < 1.29 is 19.4 Å². The van der Waals surface area contributed by atoms with E-state index in [1.165, 1.54) is 6.92 Å². The monoisotopic (exact) mass is 245 g/mol. The van der Waals surface area contributed by atoms with Gasteiger partial charge in [-0.05, 0) is 20.3 Å². The van der Waals surface area contributed by atoms with Gasteiger partial charge in [0.1, 0.15) is 6.61 Å². The summed E-state index contributed by atoms with van der Waals surface area (Å²) in [4.78, 5) is 21.8. The van der Waals surface area contributed by atoms with E-state index in [1.54, 1.807) is 0 Å². The van der Waals surface area contributed by atoms with Gasteiger partial charge in [-0.1, -0.05) is 26.2 Å². The maximum absolute atomic E-state index is 11.4. The van der Waals surface area contributed by atoms with Crippen LogP contribution >= 0.6 is 0 Å². The van der Waals surface area contributed by atoms with Gasteiger partial charge in [0.25, 0.3) is 0 Å². The van der Waals surface area contributed by atoms with Gasteiger partial charge in [0.15, 0.2) is 6.10 Å². The predicted octanol–water partition coefficient (Wildman–Crippen LogP) is 1.56. The lowest BCUT2D eigenvalue weighted by atomic mass is 10.1. The van der Waals surface area contributed by atoms with Crippen LogP contribution in [0, 0.1) is 0 Å². The van der Waals surface area contributed by atoms with Gasteiger partial charge < -0.3 is 15.2 Å². The first-order valence-corrected chi connectivity index (χ1v) is 6.11. The molecule has 100 valence electrons. The van der Waals surface area contributed by atoms with Crippen LogP contribution in [0.3, 0.4) is 0 Å². The first-order valence-electron chi connectivity index (χ1n) is 6.11. The smallest absolute Gasteiger partial charge is 0.332 e. The largest absolute Gasteiger partial charge is 0.479 e. The highest BCUT2D eigenvalue weighted by Crippen LogP contribution is 2.02. The lowest BCUT2D eigenvalue weighted by Gasteiger charge is -2.14. The maximum Gasteiger partial charge on any atom is 0.332 e. The van der Waals surface area contributed by atoms with Crippen LogP contribution < -0.4 is 5.32 Å². The fourth-order valence-corrected chi connectivity index (χ4v) is 1.36. The number of carboxylic acid groups (broad SMARTS) is 1. The lowest BCUT2D eigenvalue weighted by molar-refractivity contribution is -0.150. The molecule has 2 N–H and O–H groups in total. The standard InChI is InChI=1S/C12H23NO4/c1-4-5-6-7-9(2)13-11(14)8-17-10(3)12(15)16/h9-10H,4-8H2,1-3H3,(H,13,14)(H,15,16). The third-order valence-electron chi connectivity index (χ3n) is 2.46. The van der Waals surface area contributed by atoms with Gasteiger partial charge >= 0.3 is 5.97 Å². The van der Waals surface area contributed by atoms with Crippen LogP contribution in [-0.4, -0.2) is 35.7 Å². The molecule has 2 atom stereocenters. The highest BCUT2D eigenvalue weighted by molar-refractivity contribution is 5.78. The number of hydrogen-bond donors (Lipinski definition) is 2. The highest BCUT2D eigenvalue weighted by atomic mass is 16.5. The van der Waals surface area contributed by atoms with Crippen molar-refractivity contribution in [1.82, 2.24) is 5.32 Å². The molecule has 0 spiro atoms. The van der Waals surface area contributed by atoms with Gasteiger partial charge in [-0.15, -0.1) is 0 Å². The number of carboxylic acids is 1. The first-order chi connectivity index (χ1) is 7.97. The van der Waals surface area contributed by atoms with Crippen molar-refractivity contribution in [3.05, 3.63) is 0 Å². The molecule has 0 fully saturated rings. The van der Waals surface area contributed by atoms with E-state index >= 15 is 0 Å². The van der Waals surface area contributed by atoms with Crippen molar-refractivity contribution in [2.24, 2.45) is 0 Å². The molecule has 0 aromatic carbocycles. The lowest BCUT2D eigenvalue weighted by Crippen LogP contribution is -2.36. The molecule has 2 unspecified atom stereocenters. The van der Waals surface area contributed by atoms with Gasteiger partial charge in [0.2, 0.25) is 5.91 Å². The molecule has 1 amide bonds. The molecule has 0 bridgehead atoms. The molecule has 0 aromatic heterocycles. The van der Waals surface area contributed by atoms with Gasteiger partial charge in [-0.25, -0.2) is 4.79 Å². The van der Waals surface area contributed by atoms with Gasteiger partial charge in [0.05, 0.1) is 0 Å². The minimum atomic E-state index is -1.06. The van der Waals surface area contributed by atoms with Crippen molar-refractivity contribution in [2.75, 3.05) is 6.61 Å². The van der Waals surface area contributed by atoms with E-state index in [-0.39, 0.29) is 18.6 Å². The van der Waals surface area contributed by atoms with Crippen LogP contribution in [-0.2, 0) is 14.3 Å². The highest BCUT2D eigenvalue weighted by Gasteiger charge is 2.14. The number of carbonyl (C=O) groups excluding carboxylic acids is 1. The van der Waals surface area contributed by atoms with Crippen LogP contribution in [0.4, 0.5) is 0 Å². The van der Waals surface area contributed by atoms with Gasteiger partial charge in [0, 0.05) is 6.04 Å². The van der Waals surface area contributed by atoms with E-state index in [4.69, 9.17) is 9.84 Å². The molecule has 5 heteroatoms. The molecule has 0 aliphatic carbocycles. The minimum absolute atomic E-state index is 0.109. The number of hydrogen-bond acceptors (Lipinski definition) is 3. The summed E-state index contributed by atoms with van der Waals surface area (Å²) < 4.78 is 4.88. The third-order valence-corrected chi connectivity index (χ3v) is 2.46. The Hall–Kier alpha value is -1.10. The summed E-state index contributed by atoms with van der Waals surface area (Å²) in [7, 11) is 0. The van der Waals surface area contributed by atoms with E-state index in [0.717, 1.165) is 25.7 Å². The van der Waals surface area contributed by atoms with E-state index in [2.05, 4.69) is 12.2 Å². The summed E-state index contributed by atoms with van der Waals surface area (Å²) in [5.41, 5.74) is 0. The Morgan fingerprint density at radius 1 is 1.29 bits per heavy atom. The molecular formula is C12H23NO4. The maximum atomic E-state index is 11.4. The fourth-order valence-electron chi connectivity index (χ4n) is 1.36. The third kappa shape index (κ3) is 8.68. The molecule has 0 rings (SSSR count). The number of aliphatic carboxylic acids is 1.